The molecule has 0 bridgehead atoms. The van der Waals surface area contributed by atoms with E-state index in [-0.39, 0.29) is 12.1 Å². The third kappa shape index (κ3) is 3.79. The topological polar surface area (TPSA) is 126 Å². The van der Waals surface area contributed by atoms with Crippen molar-refractivity contribution >= 4 is 56.9 Å². The Morgan fingerprint density at radius 2 is 1.80 bits per heavy atom. The maximum Gasteiger partial charge on any atom is 0.196 e. The average molecular weight is 508 g/mol. The fourth-order valence-corrected chi connectivity index (χ4v) is 6.24. The van der Waals surface area contributed by atoms with E-state index in [9.17, 15) is 0 Å². The van der Waals surface area contributed by atoms with Crippen LogP contribution in [0.15, 0.2) is 34.6 Å². The van der Waals surface area contributed by atoms with Gasteiger partial charge >= 0.3 is 0 Å². The number of H-pyrrole nitrogens is 1. The van der Waals surface area contributed by atoms with Crippen LogP contribution in [-0.4, -0.2) is 63.2 Å². The molecule has 5 N–H and O–H groups in total. The van der Waals surface area contributed by atoms with E-state index in [2.05, 4.69) is 43.0 Å². The average Bonchev–Trinajstić information content (AvgIpc) is 3.50. The number of anilines is 2. The summed E-state index contributed by atoms with van der Waals surface area (Å²) in [5.74, 6) is 2.31. The summed E-state index contributed by atoms with van der Waals surface area (Å²) in [5.41, 5.74) is 15.0. The molecule has 1 atom stereocenters. The van der Waals surface area contributed by atoms with Crippen molar-refractivity contribution in [2.45, 2.75) is 47.3 Å². The van der Waals surface area contributed by atoms with Gasteiger partial charge in [-0.15, -0.1) is 0 Å². The molecule has 9 nitrogen and oxygen atoms in total. The number of hydrogen-bond donors (Lipinski definition) is 3. The van der Waals surface area contributed by atoms with E-state index in [1.807, 2.05) is 0 Å². The van der Waals surface area contributed by atoms with Crippen molar-refractivity contribution in [3.05, 3.63) is 35.2 Å². The SMILES string of the molecule is NC1CN(c2ncnc3cc(Sc4nc(N5CC[C@@H](N)C5)c5c(Cl)c(C6CC6)[nH]c5n4)ccc23)C1. The molecule has 11 heteroatoms. The summed E-state index contributed by atoms with van der Waals surface area (Å²) in [6, 6.07) is 6.58. The van der Waals surface area contributed by atoms with Gasteiger partial charge in [-0.2, -0.15) is 0 Å². The van der Waals surface area contributed by atoms with Crippen LogP contribution in [0, 0.1) is 0 Å². The lowest BCUT2D eigenvalue weighted by Gasteiger charge is -2.38. The predicted octanol–water partition coefficient (Wildman–Crippen LogP) is 3.27. The molecule has 1 aromatic carbocycles. The van der Waals surface area contributed by atoms with Gasteiger partial charge in [-0.1, -0.05) is 11.6 Å². The van der Waals surface area contributed by atoms with Crippen LogP contribution < -0.4 is 21.3 Å². The Bertz CT molecular complexity index is 1450. The van der Waals surface area contributed by atoms with Crippen LogP contribution in [0.25, 0.3) is 21.9 Å². The van der Waals surface area contributed by atoms with Gasteiger partial charge in [-0.3, -0.25) is 0 Å². The van der Waals surface area contributed by atoms with Crippen LogP contribution in [0.3, 0.4) is 0 Å². The number of nitrogens with two attached hydrogens (primary N) is 2. The van der Waals surface area contributed by atoms with Gasteiger partial charge in [-0.25, -0.2) is 19.9 Å². The van der Waals surface area contributed by atoms with Crippen molar-refractivity contribution < 1.29 is 0 Å². The number of aromatic amines is 1. The summed E-state index contributed by atoms with van der Waals surface area (Å²) in [5, 5.41) is 3.37. The lowest BCUT2D eigenvalue weighted by atomic mass is 10.1. The zero-order chi connectivity index (χ0) is 23.7. The number of aromatic nitrogens is 5. The van der Waals surface area contributed by atoms with E-state index < -0.39 is 0 Å². The lowest BCUT2D eigenvalue weighted by Crippen LogP contribution is -2.56. The normalized spacial score (nSPS) is 20.8. The minimum absolute atomic E-state index is 0.145. The zero-order valence-electron chi connectivity index (χ0n) is 19.1. The Balaban J connectivity index is 1.26. The first-order valence-electron chi connectivity index (χ1n) is 12.1. The van der Waals surface area contributed by atoms with Crippen LogP contribution in [0.4, 0.5) is 11.6 Å². The van der Waals surface area contributed by atoms with E-state index in [0.29, 0.717) is 11.1 Å². The molecule has 7 rings (SSSR count). The monoisotopic (exact) mass is 507 g/mol. The first kappa shape index (κ1) is 21.6. The van der Waals surface area contributed by atoms with E-state index in [4.69, 9.17) is 33.0 Å². The summed E-state index contributed by atoms with van der Waals surface area (Å²) < 4.78 is 0. The van der Waals surface area contributed by atoms with Gasteiger partial charge in [0, 0.05) is 60.2 Å². The van der Waals surface area contributed by atoms with Gasteiger partial charge < -0.3 is 26.3 Å². The molecule has 180 valence electrons. The minimum atomic E-state index is 0.145. The molecule has 4 aromatic rings. The number of hydrogen-bond acceptors (Lipinski definition) is 9. The maximum atomic E-state index is 6.85. The van der Waals surface area contributed by atoms with Crippen molar-refractivity contribution in [1.29, 1.82) is 0 Å². The Morgan fingerprint density at radius 3 is 2.54 bits per heavy atom. The molecule has 3 fully saturated rings. The second-order valence-corrected chi connectivity index (χ2v) is 11.2. The number of nitrogens with zero attached hydrogens (tertiary/aromatic N) is 6. The smallest absolute Gasteiger partial charge is 0.196 e. The third-order valence-electron chi connectivity index (χ3n) is 7.09. The van der Waals surface area contributed by atoms with Crippen LogP contribution in [0.1, 0.15) is 30.9 Å². The minimum Gasteiger partial charge on any atom is -0.354 e. The molecule has 1 aliphatic carbocycles. The van der Waals surface area contributed by atoms with Crippen LogP contribution >= 0.6 is 23.4 Å². The summed E-state index contributed by atoms with van der Waals surface area (Å²) >= 11 is 8.38. The molecule has 0 spiro atoms. The Kier molecular flexibility index (Phi) is 5.06. The first-order chi connectivity index (χ1) is 17.0. The molecule has 3 aliphatic rings. The molecule has 2 aliphatic heterocycles. The Morgan fingerprint density at radius 1 is 0.971 bits per heavy atom. The molecule has 35 heavy (non-hydrogen) atoms. The molecule has 0 unspecified atom stereocenters. The fraction of sp³-hybridized carbons (Fsp3) is 0.417. The maximum absolute atomic E-state index is 6.85. The van der Waals surface area contributed by atoms with Gasteiger partial charge in [-0.05, 0) is 49.2 Å². The van der Waals surface area contributed by atoms with Crippen molar-refractivity contribution in [1.82, 2.24) is 24.9 Å². The molecular formula is C24H26ClN9S. The van der Waals surface area contributed by atoms with Crippen molar-refractivity contribution in [2.75, 3.05) is 36.0 Å². The highest BCUT2D eigenvalue weighted by Gasteiger charge is 2.32. The number of nitrogens with one attached hydrogen (secondary N) is 1. The van der Waals surface area contributed by atoms with Crippen LogP contribution in [-0.2, 0) is 0 Å². The Hall–Kier alpha value is -2.66. The second-order valence-electron chi connectivity index (χ2n) is 9.82. The van der Waals surface area contributed by atoms with E-state index in [0.717, 1.165) is 94.6 Å². The summed E-state index contributed by atoms with van der Waals surface area (Å²) in [4.78, 5) is 27.8. The quantitative estimate of drug-likeness (QED) is 0.349. The highest BCUT2D eigenvalue weighted by atomic mass is 35.5. The highest BCUT2D eigenvalue weighted by molar-refractivity contribution is 7.99. The fourth-order valence-electron chi connectivity index (χ4n) is 5.08. The number of fused-ring (bicyclic) bond motifs is 2. The summed E-state index contributed by atoms with van der Waals surface area (Å²) in [6.45, 7) is 3.28. The van der Waals surface area contributed by atoms with Crippen molar-refractivity contribution in [3.63, 3.8) is 0 Å². The highest BCUT2D eigenvalue weighted by Crippen LogP contribution is 2.47. The standard InChI is InChI=1S/C24H26ClN9S/c25-19-18-21(30-20(19)12-1-2-12)31-24(32-23(18)33-6-5-13(26)8-33)35-15-3-4-16-17(7-15)28-11-29-22(16)34-9-14(27)10-34/h3-4,7,11-14H,1-2,5-6,8-10,26-27H2,(H,30,31,32)/t13-/m1/s1. The van der Waals surface area contributed by atoms with E-state index in [1.54, 1.807) is 6.33 Å². The van der Waals surface area contributed by atoms with E-state index in [1.165, 1.54) is 11.8 Å². The van der Waals surface area contributed by atoms with Gasteiger partial charge in [0.15, 0.2) is 5.16 Å². The van der Waals surface area contributed by atoms with E-state index >= 15 is 0 Å². The second kappa shape index (κ2) is 8.19. The van der Waals surface area contributed by atoms with Crippen molar-refractivity contribution in [3.8, 4) is 0 Å². The molecule has 2 saturated heterocycles. The third-order valence-corrected chi connectivity index (χ3v) is 8.34. The first-order valence-corrected chi connectivity index (χ1v) is 13.3. The van der Waals surface area contributed by atoms with Gasteiger partial charge in [0.05, 0.1) is 15.9 Å². The molecule has 0 amide bonds. The molecule has 0 radical (unpaired) electrons. The zero-order valence-corrected chi connectivity index (χ0v) is 20.7. The number of halogens is 1. The molecule has 5 heterocycles. The lowest BCUT2D eigenvalue weighted by molar-refractivity contribution is 0.516. The molecular weight excluding hydrogens is 482 g/mol. The predicted molar refractivity (Wildman–Crippen MR) is 140 cm³/mol. The number of benzene rings is 1. The van der Waals surface area contributed by atoms with Gasteiger partial charge in [0.25, 0.3) is 0 Å². The summed E-state index contributed by atoms with van der Waals surface area (Å²) in [7, 11) is 0. The van der Waals surface area contributed by atoms with Crippen LogP contribution in [0.5, 0.6) is 0 Å². The summed E-state index contributed by atoms with van der Waals surface area (Å²) in [6.07, 6.45) is 4.89. The van der Waals surface area contributed by atoms with Crippen LogP contribution in [0.2, 0.25) is 5.02 Å². The molecule has 3 aromatic heterocycles. The van der Waals surface area contributed by atoms with Gasteiger partial charge in [0.2, 0.25) is 0 Å². The number of rotatable bonds is 5. The van der Waals surface area contributed by atoms with Gasteiger partial charge in [0.1, 0.15) is 23.6 Å². The Labute approximate surface area is 211 Å². The largest absolute Gasteiger partial charge is 0.354 e. The molecule has 1 saturated carbocycles. The van der Waals surface area contributed by atoms with Crippen molar-refractivity contribution in [2.24, 2.45) is 11.5 Å².